The third-order valence-corrected chi connectivity index (χ3v) is 4.61. The molecule has 8 nitrogen and oxygen atoms in total. The van der Waals surface area contributed by atoms with Crippen LogP contribution in [0.5, 0.6) is 0 Å². The smallest absolute Gasteiger partial charge is 0.405 e. The van der Waals surface area contributed by atoms with Gasteiger partial charge in [-0.1, -0.05) is 12.1 Å². The Labute approximate surface area is 147 Å². The van der Waals surface area contributed by atoms with Gasteiger partial charge in [0.05, 0.1) is 5.69 Å². The summed E-state index contributed by atoms with van der Waals surface area (Å²) in [5.41, 5.74) is 3.14. The average Bonchev–Trinajstić information content (AvgIpc) is 3.04. The largest absolute Gasteiger partial charge is 0.465 e. The molecule has 3 amide bonds. The van der Waals surface area contributed by atoms with Crippen molar-refractivity contribution in [2.45, 2.75) is 6.42 Å². The lowest BCUT2D eigenvalue weighted by atomic mass is 9.96. The zero-order chi connectivity index (χ0) is 18.0. The number of likely N-dealkylation sites (N-methyl/N-ethyl adjacent to an activating group) is 1. The van der Waals surface area contributed by atoms with E-state index in [2.05, 4.69) is 10.3 Å². The van der Waals surface area contributed by atoms with E-state index >= 15 is 0 Å². The Morgan fingerprint density at radius 1 is 1.40 bits per heavy atom. The molecular formula is C16H16N4O4S. The maximum absolute atomic E-state index is 12.3. The highest BCUT2D eigenvalue weighted by molar-refractivity contribution is 7.14. The van der Waals surface area contributed by atoms with Crippen LogP contribution in [0.15, 0.2) is 23.6 Å². The molecule has 0 radical (unpaired) electrons. The van der Waals surface area contributed by atoms with Gasteiger partial charge in [0.15, 0.2) is 5.13 Å². The molecule has 0 spiro atoms. The highest BCUT2D eigenvalue weighted by Crippen LogP contribution is 2.28. The molecule has 0 saturated heterocycles. The fourth-order valence-corrected chi connectivity index (χ4v) is 3.27. The number of fused-ring (bicyclic) bond motifs is 1. The van der Waals surface area contributed by atoms with E-state index in [0.717, 1.165) is 17.5 Å². The minimum absolute atomic E-state index is 0.00778. The number of hydrogen-bond donors (Lipinski definition) is 3. The standard InChI is InChI=1S/C16H16N4O4S/c1-20-5-4-9-2-3-10(6-11(9)14(20)22)12-8-25-15(18-12)19-13(21)7-17-16(23)24/h2-3,6,8,17H,4-5,7H2,1H3,(H,23,24)(H,18,19,21). The molecule has 0 aliphatic carbocycles. The van der Waals surface area contributed by atoms with Gasteiger partial charge in [-0.15, -0.1) is 11.3 Å². The topological polar surface area (TPSA) is 112 Å². The van der Waals surface area contributed by atoms with E-state index < -0.39 is 12.0 Å². The Bertz CT molecular complexity index is 848. The number of nitrogens with one attached hydrogen (secondary N) is 2. The summed E-state index contributed by atoms with van der Waals surface area (Å²) in [7, 11) is 1.78. The Balaban J connectivity index is 1.75. The number of anilines is 1. The van der Waals surface area contributed by atoms with E-state index in [9.17, 15) is 14.4 Å². The van der Waals surface area contributed by atoms with Crippen LogP contribution < -0.4 is 10.6 Å². The summed E-state index contributed by atoms with van der Waals surface area (Å²) in [5, 5.41) is 15.1. The Morgan fingerprint density at radius 3 is 2.96 bits per heavy atom. The average molecular weight is 360 g/mol. The molecule has 3 N–H and O–H groups in total. The van der Waals surface area contributed by atoms with Crippen molar-refractivity contribution in [3.63, 3.8) is 0 Å². The molecular weight excluding hydrogens is 344 g/mol. The normalized spacial score (nSPS) is 13.3. The van der Waals surface area contributed by atoms with Crippen LogP contribution in [0.4, 0.5) is 9.93 Å². The molecule has 0 bridgehead atoms. The van der Waals surface area contributed by atoms with Gasteiger partial charge in [-0.25, -0.2) is 9.78 Å². The monoisotopic (exact) mass is 360 g/mol. The van der Waals surface area contributed by atoms with Crippen LogP contribution in [-0.4, -0.2) is 53.0 Å². The van der Waals surface area contributed by atoms with Crippen LogP contribution in [0.25, 0.3) is 11.3 Å². The fourth-order valence-electron chi connectivity index (χ4n) is 2.53. The van der Waals surface area contributed by atoms with Crippen molar-refractivity contribution in [1.29, 1.82) is 0 Å². The van der Waals surface area contributed by atoms with E-state index in [4.69, 9.17) is 5.11 Å². The first-order chi connectivity index (χ1) is 11.9. The first-order valence-electron chi connectivity index (χ1n) is 7.55. The predicted molar refractivity (Wildman–Crippen MR) is 92.9 cm³/mol. The lowest BCUT2D eigenvalue weighted by Crippen LogP contribution is -2.34. The third kappa shape index (κ3) is 3.77. The number of benzene rings is 1. The number of rotatable bonds is 4. The van der Waals surface area contributed by atoms with E-state index in [0.29, 0.717) is 22.9 Å². The summed E-state index contributed by atoms with van der Waals surface area (Å²) >= 11 is 1.23. The number of carbonyl (C=O) groups excluding carboxylic acids is 2. The van der Waals surface area contributed by atoms with Gasteiger partial charge in [0, 0.05) is 30.1 Å². The van der Waals surface area contributed by atoms with Gasteiger partial charge in [-0.3, -0.25) is 9.59 Å². The quantitative estimate of drug-likeness (QED) is 0.767. The van der Waals surface area contributed by atoms with Gasteiger partial charge in [-0.2, -0.15) is 0 Å². The maximum Gasteiger partial charge on any atom is 0.405 e. The van der Waals surface area contributed by atoms with Crippen LogP contribution in [0, 0.1) is 0 Å². The number of aromatic nitrogens is 1. The second-order valence-corrected chi connectivity index (χ2v) is 6.45. The molecule has 9 heteroatoms. The SMILES string of the molecule is CN1CCc2ccc(-c3csc(NC(=O)CNC(=O)O)n3)cc2C1=O. The number of carbonyl (C=O) groups is 3. The second-order valence-electron chi connectivity index (χ2n) is 5.59. The number of carboxylic acid groups (broad SMARTS) is 1. The molecule has 0 unspecified atom stereocenters. The second kappa shape index (κ2) is 6.89. The van der Waals surface area contributed by atoms with Gasteiger partial charge < -0.3 is 20.6 Å². The molecule has 0 saturated carbocycles. The summed E-state index contributed by atoms with van der Waals surface area (Å²) in [6.45, 7) is 0.367. The summed E-state index contributed by atoms with van der Waals surface area (Å²) < 4.78 is 0. The Hall–Kier alpha value is -2.94. The molecule has 3 rings (SSSR count). The van der Waals surface area contributed by atoms with Gasteiger partial charge >= 0.3 is 6.09 Å². The summed E-state index contributed by atoms with van der Waals surface area (Å²) in [5.74, 6) is -0.503. The Morgan fingerprint density at radius 2 is 2.20 bits per heavy atom. The van der Waals surface area contributed by atoms with Crippen LogP contribution in [0.1, 0.15) is 15.9 Å². The minimum Gasteiger partial charge on any atom is -0.465 e. The zero-order valence-electron chi connectivity index (χ0n) is 13.4. The number of hydrogen-bond acceptors (Lipinski definition) is 5. The first-order valence-corrected chi connectivity index (χ1v) is 8.43. The predicted octanol–water partition coefficient (Wildman–Crippen LogP) is 1.64. The molecule has 1 aromatic carbocycles. The van der Waals surface area contributed by atoms with Crippen LogP contribution in [0.3, 0.4) is 0 Å². The number of thiazole rings is 1. The number of amides is 3. The molecule has 130 valence electrons. The molecule has 1 aromatic heterocycles. The molecule has 1 aliphatic rings. The van der Waals surface area contributed by atoms with E-state index in [1.807, 2.05) is 23.5 Å². The fraction of sp³-hybridized carbons (Fsp3) is 0.250. The molecule has 2 aromatic rings. The highest BCUT2D eigenvalue weighted by atomic mass is 32.1. The number of nitrogens with zero attached hydrogens (tertiary/aromatic N) is 2. The molecule has 2 heterocycles. The van der Waals surface area contributed by atoms with Crippen LogP contribution in [-0.2, 0) is 11.2 Å². The summed E-state index contributed by atoms with van der Waals surface area (Å²) in [6.07, 6.45) is -0.439. The molecule has 1 aliphatic heterocycles. The van der Waals surface area contributed by atoms with Gasteiger partial charge in [0.1, 0.15) is 6.54 Å². The molecule has 0 fully saturated rings. The van der Waals surface area contributed by atoms with E-state index in [-0.39, 0.29) is 12.5 Å². The zero-order valence-corrected chi connectivity index (χ0v) is 14.2. The van der Waals surface area contributed by atoms with Gasteiger partial charge in [0.2, 0.25) is 5.91 Å². The van der Waals surface area contributed by atoms with Crippen molar-refractivity contribution >= 4 is 34.4 Å². The van der Waals surface area contributed by atoms with Crippen molar-refractivity contribution in [2.75, 3.05) is 25.5 Å². The first kappa shape index (κ1) is 16.9. The van der Waals surface area contributed by atoms with Crippen molar-refractivity contribution in [1.82, 2.24) is 15.2 Å². The van der Waals surface area contributed by atoms with Gasteiger partial charge in [-0.05, 0) is 18.1 Å². The molecule has 0 atom stereocenters. The Kier molecular flexibility index (Phi) is 4.66. The van der Waals surface area contributed by atoms with Crippen molar-refractivity contribution in [2.24, 2.45) is 0 Å². The van der Waals surface area contributed by atoms with Gasteiger partial charge in [0.25, 0.3) is 5.91 Å². The van der Waals surface area contributed by atoms with Crippen molar-refractivity contribution in [3.8, 4) is 11.3 Å². The summed E-state index contributed by atoms with van der Waals surface area (Å²) in [6, 6.07) is 5.66. The molecule has 25 heavy (non-hydrogen) atoms. The van der Waals surface area contributed by atoms with E-state index in [1.165, 1.54) is 11.3 Å². The third-order valence-electron chi connectivity index (χ3n) is 3.85. The lowest BCUT2D eigenvalue weighted by molar-refractivity contribution is -0.115. The maximum atomic E-state index is 12.3. The highest BCUT2D eigenvalue weighted by Gasteiger charge is 2.22. The minimum atomic E-state index is -1.27. The van der Waals surface area contributed by atoms with Crippen LogP contribution >= 0.6 is 11.3 Å². The lowest BCUT2D eigenvalue weighted by Gasteiger charge is -2.25. The summed E-state index contributed by atoms with van der Waals surface area (Å²) in [4.78, 5) is 40.3. The van der Waals surface area contributed by atoms with Crippen molar-refractivity contribution < 1.29 is 19.5 Å². The van der Waals surface area contributed by atoms with E-state index in [1.54, 1.807) is 17.3 Å². The van der Waals surface area contributed by atoms with Crippen molar-refractivity contribution in [3.05, 3.63) is 34.7 Å². The van der Waals surface area contributed by atoms with Crippen LogP contribution in [0.2, 0.25) is 0 Å².